The Morgan fingerprint density at radius 2 is 1.80 bits per heavy atom. The van der Waals surface area contributed by atoms with Crippen LogP contribution in [0.15, 0.2) is 72.8 Å². The largest absolute Gasteiger partial charge is 0.354 e. The summed E-state index contributed by atoms with van der Waals surface area (Å²) < 4.78 is 0. The summed E-state index contributed by atoms with van der Waals surface area (Å²) in [6.45, 7) is 2.79. The lowest BCUT2D eigenvalue weighted by Crippen LogP contribution is -2.27. The molecule has 1 atom stereocenters. The zero-order valence-electron chi connectivity index (χ0n) is 19.2. The second-order valence-electron chi connectivity index (χ2n) is 8.67. The fourth-order valence-electron chi connectivity index (χ4n) is 4.65. The minimum absolute atomic E-state index is 0.0148. The molecule has 0 spiro atoms. The van der Waals surface area contributed by atoms with Gasteiger partial charge in [-0.25, -0.2) is 0 Å². The first-order valence-corrected chi connectivity index (χ1v) is 11.5. The molecule has 2 aliphatic heterocycles. The Bertz CT molecular complexity index is 1350. The van der Waals surface area contributed by atoms with E-state index in [9.17, 15) is 19.7 Å². The highest BCUT2D eigenvalue weighted by Gasteiger charge is 2.30. The summed E-state index contributed by atoms with van der Waals surface area (Å²) in [4.78, 5) is 37.9. The number of hydrogen-bond acceptors (Lipinski definition) is 5. The molecule has 0 aliphatic carbocycles. The number of nitro benzene ring substituents is 1. The number of fused-ring (bicyclic) bond motifs is 1. The highest BCUT2D eigenvalue weighted by Crippen LogP contribution is 2.39. The van der Waals surface area contributed by atoms with Crippen molar-refractivity contribution in [3.8, 4) is 0 Å². The van der Waals surface area contributed by atoms with Crippen LogP contribution in [0, 0.1) is 10.1 Å². The molecule has 176 valence electrons. The Balaban J connectivity index is 1.53. The Morgan fingerprint density at radius 1 is 1.06 bits per heavy atom. The molecule has 0 bridgehead atoms. The molecule has 35 heavy (non-hydrogen) atoms. The monoisotopic (exact) mass is 468 g/mol. The fraction of sp³-hybridized carbons (Fsp3) is 0.185. The maximum absolute atomic E-state index is 13.0. The molecule has 1 saturated heterocycles. The van der Waals surface area contributed by atoms with Gasteiger partial charge in [-0.05, 0) is 42.7 Å². The molecule has 1 fully saturated rings. The Labute approximate surface area is 202 Å². The van der Waals surface area contributed by atoms with Crippen LogP contribution in [-0.2, 0) is 9.59 Å². The van der Waals surface area contributed by atoms with Gasteiger partial charge in [-0.2, -0.15) is 0 Å². The van der Waals surface area contributed by atoms with Crippen LogP contribution >= 0.6 is 0 Å². The third-order valence-electron chi connectivity index (χ3n) is 6.51. The fourth-order valence-corrected chi connectivity index (χ4v) is 4.65. The average molecular weight is 469 g/mol. The first-order valence-electron chi connectivity index (χ1n) is 11.5. The minimum Gasteiger partial charge on any atom is -0.354 e. The van der Waals surface area contributed by atoms with Gasteiger partial charge in [-0.15, -0.1) is 0 Å². The number of rotatable bonds is 6. The molecule has 3 aromatic rings. The lowest BCUT2D eigenvalue weighted by Gasteiger charge is -2.25. The third-order valence-corrected chi connectivity index (χ3v) is 6.51. The summed E-state index contributed by atoms with van der Waals surface area (Å²) in [5, 5.41) is 17.5. The van der Waals surface area contributed by atoms with Crippen molar-refractivity contribution in [3.63, 3.8) is 0 Å². The van der Waals surface area contributed by atoms with E-state index in [4.69, 9.17) is 0 Å². The van der Waals surface area contributed by atoms with Crippen molar-refractivity contribution in [2.75, 3.05) is 17.2 Å². The van der Waals surface area contributed by atoms with Crippen molar-refractivity contribution in [3.05, 3.63) is 99.6 Å². The summed E-state index contributed by atoms with van der Waals surface area (Å²) in [7, 11) is 0. The Hall–Kier alpha value is -4.46. The standard InChI is InChI=1S/C27H24N4O4/c1-17(30-15-5-8-24(30)32)18-9-11-20(12-10-18)28-26(19-6-3-2-4-7-19)25-22-16-21(31(34)35)13-14-23(22)29-27(25)33/h2-4,6-7,9-14,16-17,28H,5,8,15H2,1H3,(H,29,33). The molecular weight excluding hydrogens is 444 g/mol. The van der Waals surface area contributed by atoms with Crippen molar-refractivity contribution in [2.45, 2.75) is 25.8 Å². The summed E-state index contributed by atoms with van der Waals surface area (Å²) in [6.07, 6.45) is 1.48. The SMILES string of the molecule is CC(c1ccc(NC(=C2C(=O)Nc3ccc([N+](=O)[O-])cc32)c2ccccc2)cc1)N1CCCC1=O. The number of nitrogens with one attached hydrogen (secondary N) is 2. The lowest BCUT2D eigenvalue weighted by molar-refractivity contribution is -0.384. The van der Waals surface area contributed by atoms with E-state index in [1.807, 2.05) is 66.4 Å². The van der Waals surface area contributed by atoms with E-state index in [0.717, 1.165) is 29.8 Å². The van der Waals surface area contributed by atoms with Gasteiger partial charge in [0.15, 0.2) is 0 Å². The summed E-state index contributed by atoms with van der Waals surface area (Å²) in [5.41, 5.74) is 4.38. The highest BCUT2D eigenvalue weighted by molar-refractivity contribution is 6.37. The average Bonchev–Trinajstić information content (AvgIpc) is 3.44. The molecule has 2 heterocycles. The van der Waals surface area contributed by atoms with Gasteiger partial charge in [0.1, 0.15) is 0 Å². The first-order chi connectivity index (χ1) is 16.9. The molecule has 0 saturated carbocycles. The van der Waals surface area contributed by atoms with Crippen LogP contribution in [0.25, 0.3) is 11.3 Å². The Kier molecular flexibility index (Phi) is 5.78. The maximum Gasteiger partial charge on any atom is 0.270 e. The molecule has 2 aliphatic rings. The summed E-state index contributed by atoms with van der Waals surface area (Å²) >= 11 is 0. The van der Waals surface area contributed by atoms with Crippen molar-refractivity contribution in [2.24, 2.45) is 0 Å². The number of carbonyl (C=O) groups is 2. The number of nitrogens with zero attached hydrogens (tertiary/aromatic N) is 2. The topological polar surface area (TPSA) is 105 Å². The van der Waals surface area contributed by atoms with Gasteiger partial charge < -0.3 is 15.5 Å². The number of carbonyl (C=O) groups excluding carboxylic acids is 2. The van der Waals surface area contributed by atoms with Crippen LogP contribution in [0.1, 0.15) is 42.5 Å². The highest BCUT2D eigenvalue weighted by atomic mass is 16.6. The number of nitro groups is 1. The molecule has 1 unspecified atom stereocenters. The van der Waals surface area contributed by atoms with E-state index in [-0.39, 0.29) is 23.5 Å². The summed E-state index contributed by atoms with van der Waals surface area (Å²) in [5.74, 6) is -0.152. The number of amides is 2. The number of likely N-dealkylation sites (tertiary alicyclic amines) is 1. The molecule has 2 N–H and O–H groups in total. The second kappa shape index (κ2) is 9.06. The predicted octanol–water partition coefficient (Wildman–Crippen LogP) is 5.21. The Morgan fingerprint density at radius 3 is 2.46 bits per heavy atom. The first kappa shape index (κ1) is 22.3. The molecule has 8 heteroatoms. The molecule has 5 rings (SSSR count). The number of hydrogen-bond donors (Lipinski definition) is 2. The second-order valence-corrected chi connectivity index (χ2v) is 8.67. The third kappa shape index (κ3) is 4.26. The van der Waals surface area contributed by atoms with Crippen molar-refractivity contribution < 1.29 is 14.5 Å². The van der Waals surface area contributed by atoms with Crippen LogP contribution in [0.5, 0.6) is 0 Å². The van der Waals surface area contributed by atoms with Gasteiger partial charge in [-0.1, -0.05) is 42.5 Å². The molecule has 0 aromatic heterocycles. The van der Waals surface area contributed by atoms with Crippen molar-refractivity contribution in [1.82, 2.24) is 4.90 Å². The van der Waals surface area contributed by atoms with Crippen LogP contribution in [0.2, 0.25) is 0 Å². The smallest absolute Gasteiger partial charge is 0.270 e. The molecule has 8 nitrogen and oxygen atoms in total. The van der Waals surface area contributed by atoms with Gasteiger partial charge in [0.2, 0.25) is 5.91 Å². The van der Waals surface area contributed by atoms with E-state index < -0.39 is 4.92 Å². The number of anilines is 2. The van der Waals surface area contributed by atoms with E-state index >= 15 is 0 Å². The van der Waals surface area contributed by atoms with Crippen LogP contribution in [0.4, 0.5) is 17.1 Å². The van der Waals surface area contributed by atoms with E-state index in [2.05, 4.69) is 10.6 Å². The lowest BCUT2D eigenvalue weighted by atomic mass is 9.99. The zero-order chi connectivity index (χ0) is 24.5. The van der Waals surface area contributed by atoms with E-state index in [1.54, 1.807) is 6.07 Å². The molecule has 2 amide bonds. The zero-order valence-corrected chi connectivity index (χ0v) is 19.2. The van der Waals surface area contributed by atoms with Crippen LogP contribution in [-0.4, -0.2) is 28.2 Å². The molecule has 3 aromatic carbocycles. The van der Waals surface area contributed by atoms with Crippen molar-refractivity contribution in [1.29, 1.82) is 0 Å². The van der Waals surface area contributed by atoms with Gasteiger partial charge >= 0.3 is 0 Å². The number of non-ortho nitro benzene ring substituents is 1. The summed E-state index contributed by atoms with van der Waals surface area (Å²) in [6, 6.07) is 21.5. The van der Waals surface area contributed by atoms with Gasteiger partial charge in [-0.3, -0.25) is 19.7 Å². The normalized spacial score (nSPS) is 17.1. The predicted molar refractivity (Wildman–Crippen MR) is 134 cm³/mol. The molecule has 0 radical (unpaired) electrons. The minimum atomic E-state index is -0.471. The van der Waals surface area contributed by atoms with Gasteiger partial charge in [0.05, 0.1) is 22.2 Å². The van der Waals surface area contributed by atoms with E-state index in [0.29, 0.717) is 28.9 Å². The van der Waals surface area contributed by atoms with Crippen LogP contribution < -0.4 is 10.6 Å². The molecular formula is C27H24N4O4. The quantitative estimate of drug-likeness (QED) is 0.294. The van der Waals surface area contributed by atoms with Crippen LogP contribution in [0.3, 0.4) is 0 Å². The van der Waals surface area contributed by atoms with Gasteiger partial charge in [0, 0.05) is 42.0 Å². The van der Waals surface area contributed by atoms with Crippen molar-refractivity contribution >= 4 is 40.1 Å². The van der Waals surface area contributed by atoms with E-state index in [1.165, 1.54) is 12.1 Å². The van der Waals surface area contributed by atoms with Gasteiger partial charge in [0.25, 0.3) is 11.6 Å². The maximum atomic E-state index is 13.0. The number of benzene rings is 3.